The van der Waals surface area contributed by atoms with E-state index in [-0.39, 0.29) is 6.10 Å². The number of hydrogen-bond donors (Lipinski definition) is 1. The van der Waals surface area contributed by atoms with Crippen LogP contribution in [0.3, 0.4) is 0 Å². The fourth-order valence-electron chi connectivity index (χ4n) is 1.73. The van der Waals surface area contributed by atoms with Gasteiger partial charge in [-0.2, -0.15) is 0 Å². The Morgan fingerprint density at radius 3 is 3.08 bits per heavy atom. The van der Waals surface area contributed by atoms with Gasteiger partial charge < -0.3 is 5.11 Å². The first-order valence-corrected chi connectivity index (χ1v) is 5.67. The molecule has 0 aliphatic heterocycles. The molecule has 1 aliphatic rings. The molecule has 70 valence electrons. The second-order valence-corrected chi connectivity index (χ2v) is 4.43. The second-order valence-electron chi connectivity index (χ2n) is 3.48. The van der Waals surface area contributed by atoms with Crippen molar-refractivity contribution in [1.82, 2.24) is 0 Å². The maximum Gasteiger partial charge on any atom is 0.0727 e. The summed E-state index contributed by atoms with van der Waals surface area (Å²) in [6, 6.07) is 4.20. The number of thiophene rings is 1. The summed E-state index contributed by atoms with van der Waals surface area (Å²) in [6.07, 6.45) is 6.21. The number of aliphatic hydroxyl groups is 1. The van der Waals surface area contributed by atoms with Crippen LogP contribution in [0.4, 0.5) is 0 Å². The van der Waals surface area contributed by atoms with Crippen molar-refractivity contribution in [3.8, 4) is 0 Å². The van der Waals surface area contributed by atoms with Crippen LogP contribution >= 0.6 is 11.3 Å². The van der Waals surface area contributed by atoms with Crippen LogP contribution in [-0.2, 0) is 0 Å². The van der Waals surface area contributed by atoms with Crippen molar-refractivity contribution in [3.05, 3.63) is 28.5 Å². The monoisotopic (exact) mass is 194 g/mol. The van der Waals surface area contributed by atoms with Crippen LogP contribution in [0.2, 0.25) is 0 Å². The van der Waals surface area contributed by atoms with Gasteiger partial charge in [0.2, 0.25) is 0 Å². The van der Waals surface area contributed by atoms with Crippen molar-refractivity contribution in [2.24, 2.45) is 0 Å². The lowest BCUT2D eigenvalue weighted by molar-refractivity contribution is 0.211. The van der Waals surface area contributed by atoms with Gasteiger partial charge in [-0.15, -0.1) is 11.3 Å². The number of aliphatic hydroxyl groups excluding tert-OH is 1. The van der Waals surface area contributed by atoms with Gasteiger partial charge in [0.05, 0.1) is 6.10 Å². The van der Waals surface area contributed by atoms with Gasteiger partial charge in [0.1, 0.15) is 0 Å². The molecule has 1 aromatic rings. The van der Waals surface area contributed by atoms with Crippen molar-refractivity contribution >= 4 is 16.9 Å². The minimum Gasteiger partial charge on any atom is -0.389 e. The highest BCUT2D eigenvalue weighted by Gasteiger charge is 2.10. The Labute approximate surface area is 82.7 Å². The van der Waals surface area contributed by atoms with E-state index in [1.165, 1.54) is 16.9 Å². The largest absolute Gasteiger partial charge is 0.389 e. The van der Waals surface area contributed by atoms with E-state index < -0.39 is 0 Å². The maximum atomic E-state index is 9.59. The molecule has 1 aliphatic carbocycles. The molecule has 1 unspecified atom stereocenters. The molecular weight excluding hydrogens is 180 g/mol. The minimum absolute atomic E-state index is 0.223. The van der Waals surface area contributed by atoms with E-state index in [0.29, 0.717) is 0 Å². The normalized spacial score (nSPS) is 23.8. The maximum absolute atomic E-state index is 9.59. The van der Waals surface area contributed by atoms with Crippen molar-refractivity contribution in [1.29, 1.82) is 0 Å². The Morgan fingerprint density at radius 1 is 1.38 bits per heavy atom. The molecule has 2 heteroatoms. The summed E-state index contributed by atoms with van der Waals surface area (Å²) in [4.78, 5) is 1.32. The van der Waals surface area contributed by atoms with E-state index in [4.69, 9.17) is 0 Å². The third-order valence-electron chi connectivity index (χ3n) is 2.43. The van der Waals surface area contributed by atoms with E-state index in [9.17, 15) is 5.11 Å². The Morgan fingerprint density at radius 2 is 2.31 bits per heavy atom. The van der Waals surface area contributed by atoms with Gasteiger partial charge in [0.15, 0.2) is 0 Å². The predicted octanol–water partition coefficient (Wildman–Crippen LogP) is 3.07. The molecule has 0 fully saturated rings. The molecule has 0 amide bonds. The summed E-state index contributed by atoms with van der Waals surface area (Å²) in [7, 11) is 0. The molecule has 0 spiro atoms. The van der Waals surface area contributed by atoms with Gasteiger partial charge in [0.25, 0.3) is 0 Å². The zero-order chi connectivity index (χ0) is 9.10. The lowest BCUT2D eigenvalue weighted by atomic mass is 10.1. The van der Waals surface area contributed by atoms with E-state index in [1.54, 1.807) is 11.3 Å². The molecule has 2 rings (SSSR count). The van der Waals surface area contributed by atoms with Gasteiger partial charge in [0, 0.05) is 4.88 Å². The van der Waals surface area contributed by atoms with E-state index in [2.05, 4.69) is 17.5 Å². The predicted molar refractivity (Wildman–Crippen MR) is 56.8 cm³/mol. The first-order chi connectivity index (χ1) is 6.36. The Hall–Kier alpha value is -0.600. The minimum atomic E-state index is -0.223. The van der Waals surface area contributed by atoms with Crippen molar-refractivity contribution < 1.29 is 5.11 Å². The smallest absolute Gasteiger partial charge is 0.0727 e. The molecule has 1 N–H and O–H groups in total. The van der Waals surface area contributed by atoms with E-state index in [0.717, 1.165) is 19.3 Å². The van der Waals surface area contributed by atoms with Crippen LogP contribution in [0.5, 0.6) is 0 Å². The Bertz CT molecular complexity index is 287. The molecule has 1 nitrogen and oxygen atoms in total. The van der Waals surface area contributed by atoms with Gasteiger partial charge >= 0.3 is 0 Å². The zero-order valence-electron chi connectivity index (χ0n) is 7.57. The zero-order valence-corrected chi connectivity index (χ0v) is 8.39. The quantitative estimate of drug-likeness (QED) is 0.728. The van der Waals surface area contributed by atoms with Gasteiger partial charge in [-0.1, -0.05) is 18.6 Å². The molecule has 0 saturated heterocycles. The summed E-state index contributed by atoms with van der Waals surface area (Å²) >= 11 is 1.76. The summed E-state index contributed by atoms with van der Waals surface area (Å²) in [5, 5.41) is 11.7. The topological polar surface area (TPSA) is 20.2 Å². The van der Waals surface area contributed by atoms with E-state index in [1.807, 2.05) is 6.08 Å². The fraction of sp³-hybridized carbons (Fsp3) is 0.455. The third kappa shape index (κ3) is 2.20. The van der Waals surface area contributed by atoms with Crippen LogP contribution in [0, 0.1) is 0 Å². The molecule has 1 atom stereocenters. The first-order valence-electron chi connectivity index (χ1n) is 4.79. The summed E-state index contributed by atoms with van der Waals surface area (Å²) < 4.78 is 0. The Balaban J connectivity index is 2.21. The second kappa shape index (κ2) is 4.07. The number of hydrogen-bond acceptors (Lipinski definition) is 2. The Kier molecular flexibility index (Phi) is 2.81. The summed E-state index contributed by atoms with van der Waals surface area (Å²) in [6.45, 7) is 0. The lowest BCUT2D eigenvalue weighted by Gasteiger charge is -2.02. The number of allylic oxidation sites excluding steroid dienone is 1. The average Bonchev–Trinajstić information content (AvgIpc) is 2.56. The van der Waals surface area contributed by atoms with Crippen molar-refractivity contribution in [2.75, 3.05) is 0 Å². The van der Waals surface area contributed by atoms with Crippen molar-refractivity contribution in [2.45, 2.75) is 31.8 Å². The standard InChI is InChI=1S/C11H14OS/c12-10-5-2-1-4-9(8-10)11-6-3-7-13-11/h3,6-8,10,12H,1-2,4-5H2. The fourth-order valence-corrected chi connectivity index (χ4v) is 2.52. The molecule has 1 heterocycles. The highest BCUT2D eigenvalue weighted by Crippen LogP contribution is 2.28. The summed E-state index contributed by atoms with van der Waals surface area (Å²) in [5.41, 5.74) is 1.33. The SMILES string of the molecule is OC1C=C(c2cccs2)CCCC1. The molecule has 13 heavy (non-hydrogen) atoms. The highest BCUT2D eigenvalue weighted by molar-refractivity contribution is 7.11. The van der Waals surface area contributed by atoms with Crippen LogP contribution in [0.15, 0.2) is 23.6 Å². The van der Waals surface area contributed by atoms with E-state index >= 15 is 0 Å². The van der Waals surface area contributed by atoms with Gasteiger partial charge in [-0.05, 0) is 36.3 Å². The summed E-state index contributed by atoms with van der Waals surface area (Å²) in [5.74, 6) is 0. The molecule has 1 aromatic heterocycles. The third-order valence-corrected chi connectivity index (χ3v) is 3.37. The van der Waals surface area contributed by atoms with Crippen LogP contribution in [0.25, 0.3) is 5.57 Å². The molecular formula is C11H14OS. The van der Waals surface area contributed by atoms with Gasteiger partial charge in [-0.3, -0.25) is 0 Å². The molecule has 0 aromatic carbocycles. The van der Waals surface area contributed by atoms with Crippen LogP contribution in [-0.4, -0.2) is 11.2 Å². The van der Waals surface area contributed by atoms with Gasteiger partial charge in [-0.25, -0.2) is 0 Å². The average molecular weight is 194 g/mol. The molecule has 0 saturated carbocycles. The highest BCUT2D eigenvalue weighted by atomic mass is 32.1. The molecule has 0 bridgehead atoms. The first kappa shape index (κ1) is 8.97. The molecule has 0 radical (unpaired) electrons. The van der Waals surface area contributed by atoms with Crippen LogP contribution in [0.1, 0.15) is 30.6 Å². The number of rotatable bonds is 1. The lowest BCUT2D eigenvalue weighted by Crippen LogP contribution is -1.99. The van der Waals surface area contributed by atoms with Crippen molar-refractivity contribution in [3.63, 3.8) is 0 Å². The van der Waals surface area contributed by atoms with Crippen LogP contribution < -0.4 is 0 Å².